The molecule has 1 N–H and O–H groups in total. The first-order valence-corrected chi connectivity index (χ1v) is 7.90. The second-order valence-electron chi connectivity index (χ2n) is 5.36. The average molecular weight is 365 g/mol. The van der Waals surface area contributed by atoms with Gasteiger partial charge in [0, 0.05) is 5.02 Å². The molecular weight excluding hydrogens is 351 g/mol. The van der Waals surface area contributed by atoms with E-state index in [1.165, 1.54) is 4.85 Å². The van der Waals surface area contributed by atoms with E-state index in [1.807, 2.05) is 19.9 Å². The fraction of sp³-hybridized carbons (Fsp3) is 0.188. The van der Waals surface area contributed by atoms with Gasteiger partial charge in [-0.05, 0) is 54.5 Å². The molecule has 6 nitrogen and oxygen atoms in total. The summed E-state index contributed by atoms with van der Waals surface area (Å²) < 4.78 is 0. The molecule has 124 valence electrons. The van der Waals surface area contributed by atoms with E-state index in [4.69, 9.17) is 28.0 Å². The van der Waals surface area contributed by atoms with Crippen molar-refractivity contribution in [2.75, 3.05) is 11.9 Å². The van der Waals surface area contributed by atoms with Gasteiger partial charge in [-0.15, -0.1) is 5.10 Å². The van der Waals surface area contributed by atoms with Crippen LogP contribution in [0.1, 0.15) is 11.1 Å². The lowest BCUT2D eigenvalue weighted by atomic mass is 10.1. The van der Waals surface area contributed by atoms with Gasteiger partial charge in [-0.2, -0.15) is 0 Å². The molecule has 1 aromatic heterocycles. The summed E-state index contributed by atoms with van der Waals surface area (Å²) >= 11 is 12.1. The summed E-state index contributed by atoms with van der Waals surface area (Å²) in [6, 6.07) is 8.82. The Morgan fingerprint density at radius 1 is 1.25 bits per heavy atom. The molecular formula is C16H14Cl2N4O2. The van der Waals surface area contributed by atoms with Gasteiger partial charge >= 0.3 is 0 Å². The number of halogens is 2. The summed E-state index contributed by atoms with van der Waals surface area (Å²) in [7, 11) is 0. The number of hydrogen-bond acceptors (Lipinski definition) is 4. The molecule has 3 rings (SSSR count). The van der Waals surface area contributed by atoms with Crippen LogP contribution < -0.4 is 10.2 Å². The van der Waals surface area contributed by atoms with Crippen LogP contribution in [0.15, 0.2) is 30.3 Å². The van der Waals surface area contributed by atoms with Gasteiger partial charge in [0.2, 0.25) is 0 Å². The molecule has 0 fully saturated rings. The maximum Gasteiger partial charge on any atom is 0.265 e. The van der Waals surface area contributed by atoms with Crippen LogP contribution in [0.2, 0.25) is 10.0 Å². The van der Waals surface area contributed by atoms with Crippen LogP contribution in [0.25, 0.3) is 11.0 Å². The standard InChI is InChI=1S/C16H14Cl2N4O2/c1-9-5-10(2)16(12(18)6-9)19-15(23)8-24-22-14-7-11(17)3-4-13(14)20-21-22/h3-7H,8H2,1-2H3,(H,19,23). The zero-order valence-electron chi connectivity index (χ0n) is 13.0. The third kappa shape index (κ3) is 3.44. The Morgan fingerprint density at radius 3 is 2.79 bits per heavy atom. The first-order chi connectivity index (χ1) is 11.4. The monoisotopic (exact) mass is 364 g/mol. The van der Waals surface area contributed by atoms with E-state index < -0.39 is 0 Å². The average Bonchev–Trinajstić information content (AvgIpc) is 2.91. The van der Waals surface area contributed by atoms with Gasteiger partial charge in [0.05, 0.1) is 10.7 Å². The molecule has 0 saturated heterocycles. The molecule has 3 aromatic rings. The van der Waals surface area contributed by atoms with E-state index in [0.717, 1.165) is 11.1 Å². The largest absolute Gasteiger partial charge is 0.385 e. The molecule has 0 saturated carbocycles. The van der Waals surface area contributed by atoms with Gasteiger partial charge in [-0.25, -0.2) is 0 Å². The minimum Gasteiger partial charge on any atom is -0.385 e. The number of carbonyl (C=O) groups is 1. The fourth-order valence-electron chi connectivity index (χ4n) is 2.34. The third-order valence-corrected chi connectivity index (χ3v) is 3.92. The molecule has 0 aliphatic carbocycles. The van der Waals surface area contributed by atoms with Crippen LogP contribution in [0.3, 0.4) is 0 Å². The number of benzene rings is 2. The van der Waals surface area contributed by atoms with Crippen LogP contribution in [0.4, 0.5) is 5.69 Å². The molecule has 1 amide bonds. The lowest BCUT2D eigenvalue weighted by Crippen LogP contribution is -2.26. The predicted molar refractivity (Wildman–Crippen MR) is 93.5 cm³/mol. The van der Waals surface area contributed by atoms with Crippen molar-refractivity contribution in [3.8, 4) is 0 Å². The topological polar surface area (TPSA) is 69.0 Å². The summed E-state index contributed by atoms with van der Waals surface area (Å²) in [4.78, 5) is 18.7. The van der Waals surface area contributed by atoms with E-state index >= 15 is 0 Å². The summed E-state index contributed by atoms with van der Waals surface area (Å²) in [5, 5.41) is 11.5. The number of nitrogens with zero attached hydrogens (tertiary/aromatic N) is 3. The number of fused-ring (bicyclic) bond motifs is 1. The Bertz CT molecular complexity index is 901. The number of amides is 1. The number of aromatic nitrogens is 3. The highest BCUT2D eigenvalue weighted by molar-refractivity contribution is 6.34. The maximum absolute atomic E-state index is 12.1. The van der Waals surface area contributed by atoms with Crippen molar-refractivity contribution in [3.63, 3.8) is 0 Å². The lowest BCUT2D eigenvalue weighted by molar-refractivity contribution is -0.121. The van der Waals surface area contributed by atoms with Crippen LogP contribution in [-0.4, -0.2) is 27.7 Å². The van der Waals surface area contributed by atoms with E-state index in [9.17, 15) is 4.79 Å². The van der Waals surface area contributed by atoms with E-state index in [0.29, 0.717) is 26.8 Å². The fourth-order valence-corrected chi connectivity index (χ4v) is 2.87. The van der Waals surface area contributed by atoms with Crippen molar-refractivity contribution in [2.45, 2.75) is 13.8 Å². The van der Waals surface area contributed by atoms with Gasteiger partial charge in [0.25, 0.3) is 5.91 Å². The second kappa shape index (κ2) is 6.67. The minimum atomic E-state index is -0.352. The number of anilines is 1. The molecule has 0 aliphatic heterocycles. The minimum absolute atomic E-state index is 0.241. The van der Waals surface area contributed by atoms with Gasteiger partial charge in [0.1, 0.15) is 11.0 Å². The lowest BCUT2D eigenvalue weighted by Gasteiger charge is -2.12. The van der Waals surface area contributed by atoms with Gasteiger partial charge in [-0.3, -0.25) is 4.79 Å². The first-order valence-electron chi connectivity index (χ1n) is 7.15. The summed E-state index contributed by atoms with van der Waals surface area (Å²) in [5.41, 5.74) is 3.68. The molecule has 8 heteroatoms. The number of aryl methyl sites for hydroxylation is 2. The van der Waals surface area contributed by atoms with Crippen LogP contribution in [-0.2, 0) is 4.79 Å². The van der Waals surface area contributed by atoms with Gasteiger partial charge in [-0.1, -0.05) is 34.1 Å². The SMILES string of the molecule is Cc1cc(C)c(NC(=O)COn2nnc3ccc(Cl)cc32)c(Cl)c1. The Kier molecular flexibility index (Phi) is 4.59. The number of rotatable bonds is 4. The van der Waals surface area contributed by atoms with Crippen LogP contribution in [0, 0.1) is 13.8 Å². The summed E-state index contributed by atoms with van der Waals surface area (Å²) in [6.07, 6.45) is 0. The highest BCUT2D eigenvalue weighted by atomic mass is 35.5. The summed E-state index contributed by atoms with van der Waals surface area (Å²) in [6.45, 7) is 3.57. The molecule has 0 unspecified atom stereocenters. The molecule has 1 heterocycles. The van der Waals surface area contributed by atoms with Crippen LogP contribution >= 0.6 is 23.2 Å². The summed E-state index contributed by atoms with van der Waals surface area (Å²) in [5.74, 6) is -0.352. The van der Waals surface area contributed by atoms with Gasteiger partial charge < -0.3 is 10.2 Å². The molecule has 0 atom stereocenters. The van der Waals surface area contributed by atoms with E-state index in [2.05, 4.69) is 15.6 Å². The normalized spacial score (nSPS) is 10.8. The molecule has 0 spiro atoms. The Balaban J connectivity index is 1.70. The zero-order valence-corrected chi connectivity index (χ0v) is 14.5. The number of nitrogens with one attached hydrogen (secondary N) is 1. The quantitative estimate of drug-likeness (QED) is 0.769. The van der Waals surface area contributed by atoms with Crippen molar-refractivity contribution < 1.29 is 9.63 Å². The Hall–Kier alpha value is -2.31. The van der Waals surface area contributed by atoms with Crippen molar-refractivity contribution in [1.29, 1.82) is 0 Å². The third-order valence-electron chi connectivity index (χ3n) is 3.39. The first kappa shape index (κ1) is 16.5. The van der Waals surface area contributed by atoms with Crippen molar-refractivity contribution in [3.05, 3.63) is 51.5 Å². The van der Waals surface area contributed by atoms with Gasteiger partial charge in [0.15, 0.2) is 6.61 Å². The zero-order chi connectivity index (χ0) is 17.3. The van der Waals surface area contributed by atoms with Crippen molar-refractivity contribution in [1.82, 2.24) is 15.2 Å². The van der Waals surface area contributed by atoms with E-state index in [1.54, 1.807) is 24.3 Å². The molecule has 0 radical (unpaired) electrons. The second-order valence-corrected chi connectivity index (χ2v) is 6.20. The Labute approximate surface area is 148 Å². The highest BCUT2D eigenvalue weighted by Gasteiger charge is 2.12. The van der Waals surface area contributed by atoms with Crippen LogP contribution in [0.5, 0.6) is 0 Å². The predicted octanol–water partition coefficient (Wildman–Crippen LogP) is 3.42. The maximum atomic E-state index is 12.1. The number of hydrogen-bond donors (Lipinski definition) is 1. The molecule has 2 aromatic carbocycles. The molecule has 24 heavy (non-hydrogen) atoms. The van der Waals surface area contributed by atoms with E-state index in [-0.39, 0.29) is 12.5 Å². The van der Waals surface area contributed by atoms with Crippen molar-refractivity contribution in [2.24, 2.45) is 0 Å². The highest BCUT2D eigenvalue weighted by Crippen LogP contribution is 2.27. The smallest absolute Gasteiger partial charge is 0.265 e. The molecule has 0 aliphatic rings. The number of carbonyl (C=O) groups excluding carboxylic acids is 1. The molecule has 0 bridgehead atoms. The van der Waals surface area contributed by atoms with Crippen molar-refractivity contribution >= 4 is 45.8 Å². The Morgan fingerprint density at radius 2 is 2.04 bits per heavy atom.